The fourth-order valence-electron chi connectivity index (χ4n) is 2.49. The number of nitriles is 1. The van der Waals surface area contributed by atoms with E-state index in [1.54, 1.807) is 6.07 Å². The number of nitrogens with two attached hydrogens (primary N) is 1. The van der Waals surface area contributed by atoms with Gasteiger partial charge in [-0.25, -0.2) is 22.7 Å². The molecule has 0 spiro atoms. The summed E-state index contributed by atoms with van der Waals surface area (Å²) >= 11 is 5.90. The Balaban J connectivity index is 0.000000313. The van der Waals surface area contributed by atoms with E-state index in [1.165, 1.54) is 0 Å². The third-order valence-corrected chi connectivity index (χ3v) is 4.54. The standard InChI is InChI=1S/C11H9ClF3N5.C5H10O2/c1-10(13,11(2,14)15)8-5(3-16)7(12)6-4-18-9(17)19-20(6)8;6-5-2-1-3-7-4-5/h4H,1-2H3,(H2,17,19);5-6H,1-4H2. The van der Waals surface area contributed by atoms with E-state index in [2.05, 4.69) is 10.1 Å². The summed E-state index contributed by atoms with van der Waals surface area (Å²) in [6, 6.07) is 1.62. The van der Waals surface area contributed by atoms with E-state index in [4.69, 9.17) is 32.4 Å². The molecule has 0 aliphatic carbocycles. The highest BCUT2D eigenvalue weighted by Crippen LogP contribution is 2.44. The van der Waals surface area contributed by atoms with Crippen molar-refractivity contribution in [2.45, 2.75) is 44.4 Å². The van der Waals surface area contributed by atoms with Crippen molar-refractivity contribution < 1.29 is 23.0 Å². The zero-order valence-electron chi connectivity index (χ0n) is 14.7. The second kappa shape index (κ2) is 7.88. The van der Waals surface area contributed by atoms with Crippen molar-refractivity contribution in [1.82, 2.24) is 14.6 Å². The van der Waals surface area contributed by atoms with Crippen LogP contribution in [0.2, 0.25) is 5.02 Å². The van der Waals surface area contributed by atoms with Crippen LogP contribution in [0.1, 0.15) is 37.9 Å². The van der Waals surface area contributed by atoms with Gasteiger partial charge < -0.3 is 15.6 Å². The van der Waals surface area contributed by atoms with Crippen LogP contribution >= 0.6 is 11.6 Å². The number of rotatable bonds is 2. The average Bonchev–Trinajstić information content (AvgIpc) is 2.87. The molecule has 2 atom stereocenters. The maximum Gasteiger partial charge on any atom is 0.284 e. The van der Waals surface area contributed by atoms with E-state index >= 15 is 0 Å². The first kappa shape index (κ1) is 21.2. The summed E-state index contributed by atoms with van der Waals surface area (Å²) in [6.45, 7) is 2.44. The zero-order chi connectivity index (χ0) is 20.4. The molecule has 11 heteroatoms. The van der Waals surface area contributed by atoms with Crippen LogP contribution in [-0.4, -0.2) is 44.9 Å². The molecule has 1 fully saturated rings. The van der Waals surface area contributed by atoms with Crippen LogP contribution in [0.4, 0.5) is 19.1 Å². The molecule has 2 unspecified atom stereocenters. The van der Waals surface area contributed by atoms with Gasteiger partial charge >= 0.3 is 0 Å². The van der Waals surface area contributed by atoms with Crippen LogP contribution in [0.15, 0.2) is 6.20 Å². The Labute approximate surface area is 158 Å². The van der Waals surface area contributed by atoms with Gasteiger partial charge in [0.05, 0.1) is 29.5 Å². The van der Waals surface area contributed by atoms with Gasteiger partial charge in [-0.2, -0.15) is 5.26 Å². The summed E-state index contributed by atoms with van der Waals surface area (Å²) in [5.41, 5.74) is 1.17. The molecule has 7 nitrogen and oxygen atoms in total. The van der Waals surface area contributed by atoms with Crippen molar-refractivity contribution in [3.63, 3.8) is 0 Å². The average molecular weight is 406 g/mol. The molecular weight excluding hydrogens is 387 g/mol. The predicted octanol–water partition coefficient (Wildman–Crippen LogP) is 2.83. The third kappa shape index (κ3) is 4.26. The number of nitrogen functional groups attached to an aromatic ring is 1. The van der Waals surface area contributed by atoms with E-state index < -0.39 is 22.8 Å². The number of hydrogen-bond donors (Lipinski definition) is 2. The first-order chi connectivity index (χ1) is 12.5. The van der Waals surface area contributed by atoms with Crippen molar-refractivity contribution in [1.29, 1.82) is 5.26 Å². The van der Waals surface area contributed by atoms with E-state index in [0.717, 1.165) is 30.2 Å². The fraction of sp³-hybridized carbons (Fsp3) is 0.562. The minimum atomic E-state index is -3.75. The Morgan fingerprint density at radius 3 is 2.56 bits per heavy atom. The van der Waals surface area contributed by atoms with Crippen molar-refractivity contribution >= 4 is 23.1 Å². The molecule has 148 valence electrons. The normalized spacial score (nSPS) is 19.7. The SMILES string of the molecule is CC(F)(F)C(C)(F)c1c(C#N)c(Cl)c2cnc(N)nn12.OC1CCCOC1. The maximum absolute atomic E-state index is 14.6. The van der Waals surface area contributed by atoms with E-state index in [-0.39, 0.29) is 22.6 Å². The zero-order valence-corrected chi connectivity index (χ0v) is 15.5. The second-order valence-electron chi connectivity index (χ2n) is 6.33. The molecule has 2 aromatic heterocycles. The van der Waals surface area contributed by atoms with Gasteiger partial charge in [-0.3, -0.25) is 0 Å². The Bertz CT molecular complexity index is 854. The highest BCUT2D eigenvalue weighted by Gasteiger charge is 2.52. The van der Waals surface area contributed by atoms with Crippen LogP contribution < -0.4 is 5.73 Å². The molecule has 0 radical (unpaired) electrons. The lowest BCUT2D eigenvalue weighted by Gasteiger charge is -2.27. The molecular formula is C16H19ClF3N5O2. The van der Waals surface area contributed by atoms with Crippen molar-refractivity contribution in [3.8, 4) is 6.07 Å². The minimum absolute atomic E-state index is 0.0283. The summed E-state index contributed by atoms with van der Waals surface area (Å²) < 4.78 is 47.3. The molecule has 2 aromatic rings. The van der Waals surface area contributed by atoms with Gasteiger partial charge in [0.1, 0.15) is 17.3 Å². The van der Waals surface area contributed by atoms with Crippen LogP contribution in [0.5, 0.6) is 0 Å². The molecule has 1 aliphatic heterocycles. The van der Waals surface area contributed by atoms with Gasteiger partial charge in [-0.15, -0.1) is 5.10 Å². The van der Waals surface area contributed by atoms with Crippen LogP contribution in [0.25, 0.3) is 5.52 Å². The first-order valence-electron chi connectivity index (χ1n) is 8.06. The topological polar surface area (TPSA) is 109 Å². The molecule has 0 aromatic carbocycles. The van der Waals surface area contributed by atoms with Crippen LogP contribution in [0, 0.1) is 11.3 Å². The monoisotopic (exact) mass is 405 g/mol. The quantitative estimate of drug-likeness (QED) is 0.795. The lowest BCUT2D eigenvalue weighted by Crippen LogP contribution is -2.38. The molecule has 0 saturated carbocycles. The summed E-state index contributed by atoms with van der Waals surface area (Å²) in [6.07, 6.45) is 2.88. The second-order valence-corrected chi connectivity index (χ2v) is 6.70. The number of alkyl halides is 3. The largest absolute Gasteiger partial charge is 0.391 e. The number of halogens is 4. The number of ether oxygens (including phenoxy) is 1. The first-order valence-corrected chi connectivity index (χ1v) is 8.44. The molecule has 27 heavy (non-hydrogen) atoms. The fourth-order valence-corrected chi connectivity index (χ4v) is 2.75. The third-order valence-electron chi connectivity index (χ3n) is 4.16. The maximum atomic E-state index is 14.6. The highest BCUT2D eigenvalue weighted by atomic mass is 35.5. The summed E-state index contributed by atoms with van der Waals surface area (Å²) in [5, 5.41) is 21.3. The molecule has 3 N–H and O–H groups in total. The number of aliphatic hydroxyl groups excluding tert-OH is 1. The molecule has 3 heterocycles. The van der Waals surface area contributed by atoms with E-state index in [1.807, 2.05) is 0 Å². The van der Waals surface area contributed by atoms with Gasteiger partial charge in [0.15, 0.2) is 0 Å². The number of anilines is 1. The van der Waals surface area contributed by atoms with Gasteiger partial charge in [0.25, 0.3) is 5.92 Å². The van der Waals surface area contributed by atoms with Gasteiger partial charge in [-0.05, 0) is 19.8 Å². The van der Waals surface area contributed by atoms with Crippen molar-refractivity contribution in [3.05, 3.63) is 22.5 Å². The molecule has 1 aliphatic rings. The lowest BCUT2D eigenvalue weighted by atomic mass is 9.95. The van der Waals surface area contributed by atoms with Crippen molar-refractivity contribution in [2.75, 3.05) is 18.9 Å². The Morgan fingerprint density at radius 2 is 2.11 bits per heavy atom. The highest BCUT2D eigenvalue weighted by molar-refractivity contribution is 6.35. The summed E-state index contributed by atoms with van der Waals surface area (Å²) in [7, 11) is 0. The van der Waals surface area contributed by atoms with Crippen LogP contribution in [0.3, 0.4) is 0 Å². The Kier molecular flexibility index (Phi) is 6.19. The summed E-state index contributed by atoms with van der Waals surface area (Å²) in [4.78, 5) is 3.64. The summed E-state index contributed by atoms with van der Waals surface area (Å²) in [5.74, 6) is -4.01. The minimum Gasteiger partial charge on any atom is -0.391 e. The number of aliphatic hydroxyl groups is 1. The number of hydrogen-bond acceptors (Lipinski definition) is 6. The molecule has 0 amide bonds. The number of fused-ring (bicyclic) bond motifs is 1. The Morgan fingerprint density at radius 1 is 1.44 bits per heavy atom. The molecule has 0 bridgehead atoms. The van der Waals surface area contributed by atoms with Gasteiger partial charge in [-0.1, -0.05) is 11.6 Å². The van der Waals surface area contributed by atoms with E-state index in [9.17, 15) is 13.2 Å². The Hall–Kier alpha value is -2.09. The predicted molar refractivity (Wildman–Crippen MR) is 92.3 cm³/mol. The smallest absolute Gasteiger partial charge is 0.284 e. The number of nitrogens with zero attached hydrogens (tertiary/aromatic N) is 4. The van der Waals surface area contributed by atoms with E-state index in [0.29, 0.717) is 20.5 Å². The number of aromatic nitrogens is 3. The molecule has 3 rings (SSSR count). The van der Waals surface area contributed by atoms with Gasteiger partial charge in [0, 0.05) is 13.5 Å². The van der Waals surface area contributed by atoms with Gasteiger partial charge in [0.2, 0.25) is 11.6 Å². The van der Waals surface area contributed by atoms with Crippen molar-refractivity contribution in [2.24, 2.45) is 0 Å². The lowest BCUT2D eigenvalue weighted by molar-refractivity contribution is -0.122. The van der Waals surface area contributed by atoms with Crippen LogP contribution in [-0.2, 0) is 10.4 Å². The molecule has 1 saturated heterocycles.